The Kier molecular flexibility index (Phi) is 10.7. The fourth-order valence-electron chi connectivity index (χ4n) is 7.10. The van der Waals surface area contributed by atoms with Gasteiger partial charge in [0.05, 0.1) is 59.1 Å². The van der Waals surface area contributed by atoms with Crippen molar-refractivity contribution in [3.63, 3.8) is 0 Å². The SMILES string of the molecule is CCC1=C(C)C2=CC3=NC(=C(C)C3=C(C)O)C=C3NC(=C(CC(=O)OC)C4=NC(=CC1=N2)C(C)=C4C(=O)NCCCO)C(CCC(=O)O)C3C. The Morgan fingerprint density at radius 3 is 2.30 bits per heavy atom. The first-order chi connectivity index (χ1) is 23.8. The van der Waals surface area contributed by atoms with E-state index in [0.717, 1.165) is 22.4 Å². The molecule has 0 radical (unpaired) electrons. The number of aliphatic carboxylic acids is 1. The molecule has 0 spiro atoms. The molecule has 0 aromatic rings. The number of rotatable bonds is 10. The lowest BCUT2D eigenvalue weighted by atomic mass is 9.84. The molecule has 5 aliphatic rings. The van der Waals surface area contributed by atoms with Crippen LogP contribution in [0.25, 0.3) is 0 Å². The number of carbonyl (C=O) groups is 3. The van der Waals surface area contributed by atoms with E-state index in [1.807, 2.05) is 45.9 Å². The summed E-state index contributed by atoms with van der Waals surface area (Å²) in [5, 5.41) is 36.3. The van der Waals surface area contributed by atoms with Crippen LogP contribution in [-0.2, 0) is 19.1 Å². The van der Waals surface area contributed by atoms with Crippen molar-refractivity contribution >= 4 is 35.0 Å². The van der Waals surface area contributed by atoms with E-state index in [9.17, 15) is 29.7 Å². The first-order valence-corrected chi connectivity index (χ1v) is 16.9. The van der Waals surface area contributed by atoms with Gasteiger partial charge in [-0.25, -0.2) is 15.0 Å². The highest BCUT2D eigenvalue weighted by atomic mass is 16.5. The van der Waals surface area contributed by atoms with Gasteiger partial charge in [0, 0.05) is 53.9 Å². The smallest absolute Gasteiger partial charge is 0.310 e. The molecule has 50 heavy (non-hydrogen) atoms. The van der Waals surface area contributed by atoms with Crippen LogP contribution < -0.4 is 10.6 Å². The molecular formula is C38H45N5O7. The molecule has 12 heteroatoms. The molecule has 1 saturated heterocycles. The van der Waals surface area contributed by atoms with Crippen LogP contribution in [0.1, 0.15) is 73.6 Å². The number of hydrogen-bond donors (Lipinski definition) is 5. The van der Waals surface area contributed by atoms with Crippen LogP contribution in [-0.4, -0.2) is 70.6 Å². The van der Waals surface area contributed by atoms with Crippen molar-refractivity contribution in [2.75, 3.05) is 20.3 Å². The molecule has 0 saturated carbocycles. The summed E-state index contributed by atoms with van der Waals surface area (Å²) in [6.45, 7) is 11.5. The molecule has 1 fully saturated rings. The minimum Gasteiger partial charge on any atom is -0.512 e. The predicted octanol–water partition coefficient (Wildman–Crippen LogP) is 5.20. The molecule has 1 amide bonds. The molecule has 8 bridgehead atoms. The van der Waals surface area contributed by atoms with Crippen LogP contribution in [0.3, 0.4) is 0 Å². The van der Waals surface area contributed by atoms with Crippen LogP contribution in [0.4, 0.5) is 0 Å². The summed E-state index contributed by atoms with van der Waals surface area (Å²) in [4.78, 5) is 53.8. The molecule has 2 unspecified atom stereocenters. The van der Waals surface area contributed by atoms with Gasteiger partial charge in [0.2, 0.25) is 0 Å². The van der Waals surface area contributed by atoms with Gasteiger partial charge in [0.25, 0.3) is 5.91 Å². The highest BCUT2D eigenvalue weighted by molar-refractivity contribution is 6.32. The van der Waals surface area contributed by atoms with Gasteiger partial charge < -0.3 is 30.7 Å². The summed E-state index contributed by atoms with van der Waals surface area (Å²) >= 11 is 0. The van der Waals surface area contributed by atoms with Crippen LogP contribution in [0.15, 0.2) is 106 Å². The minimum atomic E-state index is -0.958. The number of ether oxygens (including phenoxy) is 1. The number of carbonyl (C=O) groups excluding carboxylic acids is 2. The zero-order chi connectivity index (χ0) is 36.4. The molecule has 2 atom stereocenters. The standard InChI is InChI=1S/C38H45N5O7/c1-8-23-18(2)26-17-31-34(22(6)45)20(4)28(41-31)15-27-19(3)24(10-11-32(46)47)36(42-27)25(14-33(48)50-7)37-35(38(49)39-12-9-13-44)21(5)29(43-37)16-30(23)40-26/h15-17,19,24,42,44-45H,8-14H2,1-7H3,(H,39,49)(H,46,47). The zero-order valence-electron chi connectivity index (χ0n) is 29.7. The second-order valence-corrected chi connectivity index (χ2v) is 13.0. The fraction of sp³-hybridized carbons (Fsp3) is 0.421. The summed E-state index contributed by atoms with van der Waals surface area (Å²) in [5.74, 6) is -2.43. The number of carboxylic acid groups (broad SMARTS) is 1. The first kappa shape index (κ1) is 36.2. The van der Waals surface area contributed by atoms with Crippen molar-refractivity contribution in [1.29, 1.82) is 0 Å². The number of fused-ring (bicyclic) bond motifs is 5. The Bertz CT molecular complexity index is 1900. The summed E-state index contributed by atoms with van der Waals surface area (Å²) < 4.78 is 5.13. The van der Waals surface area contributed by atoms with Crippen molar-refractivity contribution in [2.24, 2.45) is 26.8 Å². The number of allylic oxidation sites excluding steroid dienone is 11. The zero-order valence-corrected chi connectivity index (χ0v) is 29.7. The molecule has 5 heterocycles. The van der Waals surface area contributed by atoms with Crippen molar-refractivity contribution in [3.8, 4) is 0 Å². The summed E-state index contributed by atoms with van der Waals surface area (Å²) in [6.07, 6.45) is 6.53. The maximum absolute atomic E-state index is 13.9. The summed E-state index contributed by atoms with van der Waals surface area (Å²) in [6, 6.07) is 0. The summed E-state index contributed by atoms with van der Waals surface area (Å²) in [7, 11) is 1.29. The monoisotopic (exact) mass is 683 g/mol. The van der Waals surface area contributed by atoms with Crippen molar-refractivity contribution < 1.29 is 34.4 Å². The quantitative estimate of drug-likeness (QED) is 0.118. The number of methoxy groups -OCH3 is 1. The molecule has 0 aliphatic carbocycles. The van der Waals surface area contributed by atoms with E-state index < -0.39 is 17.8 Å². The van der Waals surface area contributed by atoms with Gasteiger partial charge in [-0.15, -0.1) is 0 Å². The van der Waals surface area contributed by atoms with Crippen LogP contribution >= 0.6 is 0 Å². The normalized spacial score (nSPS) is 22.6. The van der Waals surface area contributed by atoms with E-state index in [2.05, 4.69) is 10.6 Å². The maximum Gasteiger partial charge on any atom is 0.310 e. The Morgan fingerprint density at radius 1 is 0.960 bits per heavy atom. The van der Waals surface area contributed by atoms with E-state index >= 15 is 0 Å². The molecule has 5 rings (SSSR count). The first-order valence-electron chi connectivity index (χ1n) is 16.9. The highest BCUT2D eigenvalue weighted by Gasteiger charge is 2.40. The van der Waals surface area contributed by atoms with E-state index in [1.54, 1.807) is 13.8 Å². The average Bonchev–Trinajstić information content (AvgIpc) is 3.75. The topological polar surface area (TPSA) is 182 Å². The molecule has 5 aliphatic heterocycles. The van der Waals surface area contributed by atoms with Crippen LogP contribution in [0.5, 0.6) is 0 Å². The second kappa shape index (κ2) is 14.8. The highest BCUT2D eigenvalue weighted by Crippen LogP contribution is 2.43. The lowest BCUT2D eigenvalue weighted by Gasteiger charge is -2.20. The van der Waals surface area contributed by atoms with Gasteiger partial charge in [-0.1, -0.05) is 13.8 Å². The maximum atomic E-state index is 13.9. The van der Waals surface area contributed by atoms with Gasteiger partial charge in [-0.2, -0.15) is 0 Å². The van der Waals surface area contributed by atoms with Crippen molar-refractivity contribution in [3.05, 3.63) is 91.5 Å². The van der Waals surface area contributed by atoms with Gasteiger partial charge in [0.15, 0.2) is 0 Å². The van der Waals surface area contributed by atoms with E-state index in [0.29, 0.717) is 63.8 Å². The number of amides is 1. The van der Waals surface area contributed by atoms with E-state index in [4.69, 9.17) is 19.7 Å². The number of esters is 1. The third-order valence-electron chi connectivity index (χ3n) is 9.85. The van der Waals surface area contributed by atoms with E-state index in [-0.39, 0.29) is 61.3 Å². The third-order valence-corrected chi connectivity index (χ3v) is 9.85. The largest absolute Gasteiger partial charge is 0.512 e. The Morgan fingerprint density at radius 2 is 1.66 bits per heavy atom. The Balaban J connectivity index is 1.86. The van der Waals surface area contributed by atoms with Crippen LogP contribution in [0.2, 0.25) is 0 Å². The minimum absolute atomic E-state index is 0.0954. The summed E-state index contributed by atoms with van der Waals surface area (Å²) in [5.41, 5.74) is 9.26. The number of aliphatic hydroxyl groups excluding tert-OH is 2. The van der Waals surface area contributed by atoms with E-state index in [1.165, 1.54) is 7.11 Å². The number of carboxylic acids is 1. The molecule has 264 valence electrons. The van der Waals surface area contributed by atoms with Gasteiger partial charge >= 0.3 is 11.9 Å². The molecule has 5 N–H and O–H groups in total. The number of hydrogen-bond acceptors (Lipinski definition) is 10. The number of nitrogens with one attached hydrogen (secondary N) is 2. The average molecular weight is 684 g/mol. The number of aliphatic hydroxyl groups is 2. The third kappa shape index (κ3) is 6.84. The molecule has 12 nitrogen and oxygen atoms in total. The number of nitrogens with zero attached hydrogens (tertiary/aromatic N) is 3. The van der Waals surface area contributed by atoms with Gasteiger partial charge in [-0.3, -0.25) is 14.4 Å². The van der Waals surface area contributed by atoms with Crippen LogP contribution in [0, 0.1) is 11.8 Å². The van der Waals surface area contributed by atoms with Crippen molar-refractivity contribution in [2.45, 2.75) is 73.6 Å². The molecular weight excluding hydrogens is 638 g/mol. The number of aliphatic imine (C=N–C) groups is 3. The Hall–Kier alpha value is -5.10. The predicted molar refractivity (Wildman–Crippen MR) is 191 cm³/mol. The molecule has 0 aromatic heterocycles. The Labute approximate surface area is 291 Å². The van der Waals surface area contributed by atoms with Gasteiger partial charge in [-0.05, 0) is 87.5 Å². The van der Waals surface area contributed by atoms with Gasteiger partial charge in [0.1, 0.15) is 0 Å². The second-order valence-electron chi connectivity index (χ2n) is 13.0. The van der Waals surface area contributed by atoms with Crippen molar-refractivity contribution in [1.82, 2.24) is 10.6 Å². The fourth-order valence-corrected chi connectivity index (χ4v) is 7.10. The lowest BCUT2D eigenvalue weighted by molar-refractivity contribution is -0.140. The molecule has 0 aromatic carbocycles. The lowest BCUT2D eigenvalue weighted by Crippen LogP contribution is -2.31.